The number of rotatable bonds is 3. The molecule has 3 rings (SSSR count). The minimum atomic E-state index is 0.404. The smallest absolute Gasteiger partial charge is 0.116 e. The van der Waals surface area contributed by atoms with Crippen LogP contribution in [0.3, 0.4) is 0 Å². The summed E-state index contributed by atoms with van der Waals surface area (Å²) < 4.78 is 0. The molecule has 0 radical (unpaired) electrons. The molecule has 0 aromatic heterocycles. The van der Waals surface area contributed by atoms with Gasteiger partial charge in [0.15, 0.2) is 0 Å². The van der Waals surface area contributed by atoms with Crippen LogP contribution in [0.1, 0.15) is 54.8 Å². The lowest BCUT2D eigenvalue weighted by Gasteiger charge is -2.42. The number of phenolic OH excluding ortho intramolecular Hbond substituents is 1. The van der Waals surface area contributed by atoms with E-state index in [0.29, 0.717) is 11.8 Å². The van der Waals surface area contributed by atoms with Crippen LogP contribution in [0.15, 0.2) is 12.1 Å². The van der Waals surface area contributed by atoms with Gasteiger partial charge < -0.3 is 10.4 Å². The SMILES string of the molecule is Cc1cc(O)cc(C)c1[C@H](C1CCCCC1)N1CCNCC1. The number of hydrogen-bond donors (Lipinski definition) is 2. The average Bonchev–Trinajstić information content (AvgIpc) is 2.52. The minimum absolute atomic E-state index is 0.404. The van der Waals surface area contributed by atoms with Crippen molar-refractivity contribution in [3.8, 4) is 5.75 Å². The van der Waals surface area contributed by atoms with E-state index in [0.717, 1.165) is 32.1 Å². The number of nitrogens with zero attached hydrogens (tertiary/aromatic N) is 1. The molecule has 1 saturated heterocycles. The van der Waals surface area contributed by atoms with Crippen molar-refractivity contribution in [2.45, 2.75) is 52.0 Å². The number of aryl methyl sites for hydroxylation is 2. The van der Waals surface area contributed by atoms with E-state index in [1.807, 2.05) is 12.1 Å². The van der Waals surface area contributed by atoms with Crippen LogP contribution < -0.4 is 5.32 Å². The summed E-state index contributed by atoms with van der Waals surface area (Å²) in [4.78, 5) is 2.69. The predicted octanol–water partition coefficient (Wildman–Crippen LogP) is 3.54. The van der Waals surface area contributed by atoms with Crippen molar-refractivity contribution in [2.75, 3.05) is 26.2 Å². The predicted molar refractivity (Wildman–Crippen MR) is 91.3 cm³/mol. The molecule has 0 amide bonds. The fourth-order valence-electron chi connectivity index (χ4n) is 4.54. The molecule has 0 unspecified atom stereocenters. The molecule has 0 spiro atoms. The van der Waals surface area contributed by atoms with Gasteiger partial charge in [0.2, 0.25) is 0 Å². The van der Waals surface area contributed by atoms with E-state index in [9.17, 15) is 5.11 Å². The van der Waals surface area contributed by atoms with E-state index in [1.165, 1.54) is 48.8 Å². The normalized spacial score (nSPS) is 22.6. The number of piperazine rings is 1. The lowest BCUT2D eigenvalue weighted by atomic mass is 9.78. The van der Waals surface area contributed by atoms with Crippen molar-refractivity contribution in [3.63, 3.8) is 0 Å². The first-order valence-electron chi connectivity index (χ1n) is 8.91. The molecule has 22 heavy (non-hydrogen) atoms. The van der Waals surface area contributed by atoms with Gasteiger partial charge in [0.25, 0.3) is 0 Å². The van der Waals surface area contributed by atoms with Gasteiger partial charge in [-0.2, -0.15) is 0 Å². The molecule has 0 bridgehead atoms. The minimum Gasteiger partial charge on any atom is -0.508 e. The monoisotopic (exact) mass is 302 g/mol. The topological polar surface area (TPSA) is 35.5 Å². The second kappa shape index (κ2) is 7.01. The Labute approximate surface area is 134 Å². The van der Waals surface area contributed by atoms with Crippen molar-refractivity contribution < 1.29 is 5.11 Å². The Morgan fingerprint density at radius 1 is 1.05 bits per heavy atom. The fourth-order valence-corrected chi connectivity index (χ4v) is 4.54. The highest BCUT2D eigenvalue weighted by molar-refractivity contribution is 5.42. The van der Waals surface area contributed by atoms with Gasteiger partial charge >= 0.3 is 0 Å². The summed E-state index contributed by atoms with van der Waals surface area (Å²) >= 11 is 0. The molecule has 2 N–H and O–H groups in total. The van der Waals surface area contributed by atoms with E-state index >= 15 is 0 Å². The zero-order valence-corrected chi connectivity index (χ0v) is 14.1. The average molecular weight is 302 g/mol. The molecule has 1 heterocycles. The van der Waals surface area contributed by atoms with E-state index in [1.54, 1.807) is 0 Å². The second-order valence-electron chi connectivity index (χ2n) is 7.12. The highest BCUT2D eigenvalue weighted by Crippen LogP contribution is 2.41. The molecule has 3 nitrogen and oxygen atoms in total. The first-order valence-corrected chi connectivity index (χ1v) is 8.91. The maximum atomic E-state index is 9.90. The summed E-state index contributed by atoms with van der Waals surface area (Å²) in [5, 5.41) is 13.4. The maximum absolute atomic E-state index is 9.90. The Morgan fingerprint density at radius 3 is 2.23 bits per heavy atom. The Balaban J connectivity index is 1.96. The molecule has 1 aliphatic carbocycles. The largest absolute Gasteiger partial charge is 0.508 e. The molecule has 122 valence electrons. The highest BCUT2D eigenvalue weighted by atomic mass is 16.3. The second-order valence-corrected chi connectivity index (χ2v) is 7.12. The summed E-state index contributed by atoms with van der Waals surface area (Å²) in [6.45, 7) is 8.81. The summed E-state index contributed by atoms with van der Waals surface area (Å²) in [5.74, 6) is 1.18. The third kappa shape index (κ3) is 3.31. The number of phenols is 1. The van der Waals surface area contributed by atoms with E-state index in [4.69, 9.17) is 0 Å². The van der Waals surface area contributed by atoms with Crippen molar-refractivity contribution in [2.24, 2.45) is 5.92 Å². The summed E-state index contributed by atoms with van der Waals surface area (Å²) in [5.41, 5.74) is 3.99. The molecule has 2 fully saturated rings. The van der Waals surface area contributed by atoms with Gasteiger partial charge in [-0.3, -0.25) is 4.90 Å². The Bertz CT molecular complexity index is 461. The quantitative estimate of drug-likeness (QED) is 0.896. The lowest BCUT2D eigenvalue weighted by molar-refractivity contribution is 0.102. The van der Waals surface area contributed by atoms with Crippen LogP contribution in [0, 0.1) is 19.8 Å². The number of hydrogen-bond acceptors (Lipinski definition) is 3. The first kappa shape index (κ1) is 15.8. The summed E-state index contributed by atoms with van der Waals surface area (Å²) in [6.07, 6.45) is 6.87. The molecule has 1 aromatic carbocycles. The fraction of sp³-hybridized carbons (Fsp3) is 0.684. The van der Waals surface area contributed by atoms with Crippen molar-refractivity contribution in [3.05, 3.63) is 28.8 Å². The highest BCUT2D eigenvalue weighted by Gasteiger charge is 2.32. The van der Waals surface area contributed by atoms with Gasteiger partial charge in [-0.05, 0) is 61.4 Å². The van der Waals surface area contributed by atoms with Gasteiger partial charge in [-0.25, -0.2) is 0 Å². The van der Waals surface area contributed by atoms with Crippen LogP contribution in [-0.4, -0.2) is 36.2 Å². The van der Waals surface area contributed by atoms with E-state index in [-0.39, 0.29) is 0 Å². The number of nitrogens with one attached hydrogen (secondary N) is 1. The zero-order chi connectivity index (χ0) is 15.5. The summed E-state index contributed by atoms with van der Waals surface area (Å²) in [7, 11) is 0. The van der Waals surface area contributed by atoms with Crippen LogP contribution >= 0.6 is 0 Å². The third-order valence-corrected chi connectivity index (χ3v) is 5.52. The molecule has 1 atom stereocenters. The first-order chi connectivity index (χ1) is 10.7. The molecule has 2 aliphatic rings. The molecule has 1 aliphatic heterocycles. The maximum Gasteiger partial charge on any atom is 0.116 e. The molecule has 1 aromatic rings. The van der Waals surface area contributed by atoms with E-state index < -0.39 is 0 Å². The molecular formula is C19H30N2O. The van der Waals surface area contributed by atoms with Crippen LogP contribution in [0.25, 0.3) is 0 Å². The Hall–Kier alpha value is -1.06. The molecule has 1 saturated carbocycles. The molecule has 3 heteroatoms. The van der Waals surface area contributed by atoms with Crippen molar-refractivity contribution in [1.82, 2.24) is 10.2 Å². The zero-order valence-electron chi connectivity index (χ0n) is 14.1. The van der Waals surface area contributed by atoms with E-state index in [2.05, 4.69) is 24.1 Å². The number of aromatic hydroxyl groups is 1. The van der Waals surface area contributed by atoms with Gasteiger partial charge in [-0.1, -0.05) is 19.3 Å². The van der Waals surface area contributed by atoms with Gasteiger partial charge in [0.1, 0.15) is 5.75 Å². The van der Waals surface area contributed by atoms with Crippen LogP contribution in [-0.2, 0) is 0 Å². The number of benzene rings is 1. The Morgan fingerprint density at radius 2 is 1.64 bits per heavy atom. The lowest BCUT2D eigenvalue weighted by Crippen LogP contribution is -2.47. The Kier molecular flexibility index (Phi) is 5.04. The van der Waals surface area contributed by atoms with Crippen LogP contribution in [0.2, 0.25) is 0 Å². The standard InChI is InChI=1S/C19H30N2O/c1-14-12-17(22)13-15(2)18(14)19(16-6-4-3-5-7-16)21-10-8-20-9-11-21/h12-13,16,19-20,22H,3-11H2,1-2H3/t19-/m0/s1. The third-order valence-electron chi connectivity index (χ3n) is 5.52. The van der Waals surface area contributed by atoms with Crippen molar-refractivity contribution >= 4 is 0 Å². The van der Waals surface area contributed by atoms with Gasteiger partial charge in [-0.15, -0.1) is 0 Å². The van der Waals surface area contributed by atoms with Crippen molar-refractivity contribution in [1.29, 1.82) is 0 Å². The molecular weight excluding hydrogens is 272 g/mol. The van der Waals surface area contributed by atoms with Gasteiger partial charge in [0.05, 0.1) is 0 Å². The van der Waals surface area contributed by atoms with Crippen LogP contribution in [0.4, 0.5) is 0 Å². The van der Waals surface area contributed by atoms with Gasteiger partial charge in [0, 0.05) is 32.2 Å². The van der Waals surface area contributed by atoms with Crippen LogP contribution in [0.5, 0.6) is 5.75 Å². The summed E-state index contributed by atoms with van der Waals surface area (Å²) in [6, 6.07) is 4.42.